The highest BCUT2D eigenvalue weighted by Gasteiger charge is 2.08. The molecule has 3 N–H and O–H groups in total. The Kier molecular flexibility index (Phi) is 5.81. The molecule has 0 aliphatic heterocycles. The SMILES string of the molecule is CC(=O)c1ccc(NC(=O)c2ccc(NC(=O)Nc3ccccc3)cc2)cc1. The second-order valence-corrected chi connectivity index (χ2v) is 6.11. The summed E-state index contributed by atoms with van der Waals surface area (Å²) in [5.41, 5.74) is 2.88. The number of benzene rings is 3. The van der Waals surface area contributed by atoms with E-state index in [9.17, 15) is 14.4 Å². The number of hydrogen-bond acceptors (Lipinski definition) is 3. The molecule has 0 heterocycles. The van der Waals surface area contributed by atoms with Crippen LogP contribution >= 0.6 is 0 Å². The molecule has 0 bridgehead atoms. The van der Waals surface area contributed by atoms with E-state index in [-0.39, 0.29) is 17.7 Å². The maximum atomic E-state index is 12.3. The van der Waals surface area contributed by atoms with Crippen molar-refractivity contribution < 1.29 is 14.4 Å². The monoisotopic (exact) mass is 373 g/mol. The lowest BCUT2D eigenvalue weighted by Gasteiger charge is -2.09. The molecule has 0 aromatic heterocycles. The first kappa shape index (κ1) is 18.8. The van der Waals surface area contributed by atoms with Crippen molar-refractivity contribution in [3.8, 4) is 0 Å². The van der Waals surface area contributed by atoms with E-state index >= 15 is 0 Å². The molecule has 6 heteroatoms. The summed E-state index contributed by atoms with van der Waals surface area (Å²) in [5.74, 6) is -0.312. The lowest BCUT2D eigenvalue weighted by molar-refractivity contribution is 0.101. The lowest BCUT2D eigenvalue weighted by Crippen LogP contribution is -2.19. The Labute approximate surface area is 162 Å². The zero-order valence-corrected chi connectivity index (χ0v) is 15.2. The van der Waals surface area contributed by atoms with Crippen molar-refractivity contribution in [1.82, 2.24) is 0 Å². The summed E-state index contributed by atoms with van der Waals surface area (Å²) in [4.78, 5) is 35.6. The van der Waals surface area contributed by atoms with Crippen LogP contribution < -0.4 is 16.0 Å². The van der Waals surface area contributed by atoms with Gasteiger partial charge < -0.3 is 16.0 Å². The number of rotatable bonds is 5. The summed E-state index contributed by atoms with van der Waals surface area (Å²) < 4.78 is 0. The molecule has 0 spiro atoms. The molecule has 0 fully saturated rings. The standard InChI is InChI=1S/C22H19N3O3/c1-15(26)16-7-11-19(12-8-16)23-21(27)17-9-13-20(14-10-17)25-22(28)24-18-5-3-2-4-6-18/h2-14H,1H3,(H,23,27)(H2,24,25,28). The van der Waals surface area contributed by atoms with Crippen LogP contribution in [-0.4, -0.2) is 17.7 Å². The molecule has 0 saturated heterocycles. The first-order chi connectivity index (χ1) is 13.5. The van der Waals surface area contributed by atoms with E-state index in [4.69, 9.17) is 0 Å². The molecular weight excluding hydrogens is 354 g/mol. The normalized spacial score (nSPS) is 10.0. The van der Waals surface area contributed by atoms with Crippen LogP contribution in [0.3, 0.4) is 0 Å². The van der Waals surface area contributed by atoms with Crippen molar-refractivity contribution >= 4 is 34.8 Å². The Bertz CT molecular complexity index is 982. The van der Waals surface area contributed by atoms with E-state index in [1.807, 2.05) is 18.2 Å². The quantitative estimate of drug-likeness (QED) is 0.562. The van der Waals surface area contributed by atoms with E-state index in [2.05, 4.69) is 16.0 Å². The topological polar surface area (TPSA) is 87.3 Å². The number of ketones is 1. The van der Waals surface area contributed by atoms with Crippen molar-refractivity contribution in [2.45, 2.75) is 6.92 Å². The van der Waals surface area contributed by atoms with Crippen LogP contribution in [0, 0.1) is 0 Å². The Balaban J connectivity index is 1.58. The number of para-hydroxylation sites is 1. The zero-order chi connectivity index (χ0) is 19.9. The first-order valence-corrected chi connectivity index (χ1v) is 8.67. The highest BCUT2D eigenvalue weighted by atomic mass is 16.2. The second kappa shape index (κ2) is 8.64. The Morgan fingerprint density at radius 1 is 0.571 bits per heavy atom. The largest absolute Gasteiger partial charge is 0.323 e. The molecule has 3 amide bonds. The summed E-state index contributed by atoms with van der Waals surface area (Å²) in [6, 6.07) is 22.0. The van der Waals surface area contributed by atoms with E-state index in [0.717, 1.165) is 0 Å². The highest BCUT2D eigenvalue weighted by molar-refractivity contribution is 6.05. The molecule has 0 unspecified atom stereocenters. The number of hydrogen-bond donors (Lipinski definition) is 3. The van der Waals surface area contributed by atoms with Crippen LogP contribution in [0.2, 0.25) is 0 Å². The van der Waals surface area contributed by atoms with Gasteiger partial charge in [-0.2, -0.15) is 0 Å². The predicted octanol–water partition coefficient (Wildman–Crippen LogP) is 4.79. The fourth-order valence-corrected chi connectivity index (χ4v) is 2.51. The average Bonchev–Trinajstić information content (AvgIpc) is 2.69. The average molecular weight is 373 g/mol. The molecule has 3 rings (SSSR count). The number of nitrogens with one attached hydrogen (secondary N) is 3. The highest BCUT2D eigenvalue weighted by Crippen LogP contribution is 2.14. The van der Waals surface area contributed by atoms with Crippen LogP contribution in [-0.2, 0) is 0 Å². The molecule has 0 aliphatic rings. The third-order valence-corrected chi connectivity index (χ3v) is 3.99. The molecular formula is C22H19N3O3. The molecule has 0 saturated carbocycles. The molecule has 0 atom stereocenters. The van der Waals surface area contributed by atoms with Gasteiger partial charge in [-0.3, -0.25) is 9.59 Å². The maximum absolute atomic E-state index is 12.3. The van der Waals surface area contributed by atoms with Gasteiger partial charge in [0.15, 0.2) is 5.78 Å². The molecule has 3 aromatic rings. The van der Waals surface area contributed by atoms with Gasteiger partial charge in [0.2, 0.25) is 0 Å². The van der Waals surface area contributed by atoms with Gasteiger partial charge in [-0.15, -0.1) is 0 Å². The van der Waals surface area contributed by atoms with E-state index in [0.29, 0.717) is 28.2 Å². The first-order valence-electron chi connectivity index (χ1n) is 8.67. The van der Waals surface area contributed by atoms with Gasteiger partial charge in [0.25, 0.3) is 5.91 Å². The van der Waals surface area contributed by atoms with Crippen molar-refractivity contribution in [1.29, 1.82) is 0 Å². The summed E-state index contributed by atoms with van der Waals surface area (Å²) in [6.45, 7) is 1.49. The fraction of sp³-hybridized carbons (Fsp3) is 0.0455. The minimum absolute atomic E-state index is 0.0303. The minimum Gasteiger partial charge on any atom is -0.322 e. The Morgan fingerprint density at radius 2 is 1.04 bits per heavy atom. The fourth-order valence-electron chi connectivity index (χ4n) is 2.51. The van der Waals surface area contributed by atoms with Gasteiger partial charge in [0.1, 0.15) is 0 Å². The van der Waals surface area contributed by atoms with Gasteiger partial charge in [-0.05, 0) is 67.6 Å². The van der Waals surface area contributed by atoms with Crippen LogP contribution in [0.5, 0.6) is 0 Å². The summed E-state index contributed by atoms with van der Waals surface area (Å²) in [6.07, 6.45) is 0. The minimum atomic E-state index is -0.367. The van der Waals surface area contributed by atoms with Gasteiger partial charge >= 0.3 is 6.03 Å². The lowest BCUT2D eigenvalue weighted by atomic mass is 10.1. The van der Waals surface area contributed by atoms with Crippen LogP contribution in [0.4, 0.5) is 21.9 Å². The molecule has 140 valence electrons. The van der Waals surface area contributed by atoms with Crippen molar-refractivity contribution in [2.24, 2.45) is 0 Å². The zero-order valence-electron chi connectivity index (χ0n) is 15.2. The maximum Gasteiger partial charge on any atom is 0.323 e. The molecule has 6 nitrogen and oxygen atoms in total. The Hall–Kier alpha value is -3.93. The number of carbonyl (C=O) groups excluding carboxylic acids is 3. The van der Waals surface area contributed by atoms with Crippen LogP contribution in [0.25, 0.3) is 0 Å². The smallest absolute Gasteiger partial charge is 0.322 e. The number of anilines is 3. The van der Waals surface area contributed by atoms with Crippen LogP contribution in [0.1, 0.15) is 27.6 Å². The number of carbonyl (C=O) groups is 3. The third-order valence-electron chi connectivity index (χ3n) is 3.99. The van der Waals surface area contributed by atoms with E-state index < -0.39 is 0 Å². The Morgan fingerprint density at radius 3 is 1.57 bits per heavy atom. The summed E-state index contributed by atoms with van der Waals surface area (Å²) in [5, 5.41) is 8.20. The van der Waals surface area contributed by atoms with Crippen LogP contribution in [0.15, 0.2) is 78.9 Å². The summed E-state index contributed by atoms with van der Waals surface area (Å²) in [7, 11) is 0. The second-order valence-electron chi connectivity index (χ2n) is 6.11. The van der Waals surface area contributed by atoms with E-state index in [1.54, 1.807) is 60.7 Å². The summed E-state index contributed by atoms with van der Waals surface area (Å²) >= 11 is 0. The molecule has 28 heavy (non-hydrogen) atoms. The van der Waals surface area contributed by atoms with Crippen molar-refractivity contribution in [2.75, 3.05) is 16.0 Å². The van der Waals surface area contributed by atoms with Gasteiger partial charge in [0.05, 0.1) is 0 Å². The van der Waals surface area contributed by atoms with Gasteiger partial charge in [0, 0.05) is 28.2 Å². The van der Waals surface area contributed by atoms with Crippen molar-refractivity contribution in [3.63, 3.8) is 0 Å². The van der Waals surface area contributed by atoms with Gasteiger partial charge in [-0.25, -0.2) is 4.79 Å². The molecule has 3 aromatic carbocycles. The number of Topliss-reactive ketones (excluding diaryl/α,β-unsaturated/α-hetero) is 1. The van der Waals surface area contributed by atoms with Crippen molar-refractivity contribution in [3.05, 3.63) is 90.0 Å². The molecule has 0 aliphatic carbocycles. The van der Waals surface area contributed by atoms with Gasteiger partial charge in [-0.1, -0.05) is 18.2 Å². The number of amides is 3. The predicted molar refractivity (Wildman–Crippen MR) is 110 cm³/mol. The third kappa shape index (κ3) is 5.04. The molecule has 0 radical (unpaired) electrons. The number of urea groups is 1. The van der Waals surface area contributed by atoms with E-state index in [1.165, 1.54) is 6.92 Å².